The van der Waals surface area contributed by atoms with E-state index in [1.165, 1.54) is 24.5 Å². The highest BCUT2D eigenvalue weighted by Gasteiger charge is 2.31. The molecule has 0 spiro atoms. The Labute approximate surface area is 159 Å². The van der Waals surface area contributed by atoms with E-state index >= 15 is 0 Å². The van der Waals surface area contributed by atoms with Crippen LogP contribution in [0.25, 0.3) is 0 Å². The molecule has 10 heteroatoms. The summed E-state index contributed by atoms with van der Waals surface area (Å²) < 4.78 is 14.9. The fourth-order valence-electron chi connectivity index (χ4n) is 2.82. The third kappa shape index (κ3) is 3.80. The minimum Gasteiger partial charge on any atom is -0.465 e. The highest BCUT2D eigenvalue weighted by Crippen LogP contribution is 2.38. The maximum absolute atomic E-state index is 12.4. The average Bonchev–Trinajstić information content (AvgIpc) is 3.23. The lowest BCUT2D eigenvalue weighted by atomic mass is 10.0. The Balaban J connectivity index is 1.89. The number of carbonyl (C=O) groups is 3. The number of aryl methyl sites for hydroxylation is 1. The number of rotatable bonds is 4. The highest BCUT2D eigenvalue weighted by molar-refractivity contribution is 7.17. The molecule has 0 saturated carbocycles. The number of hydrogen-bond acceptors (Lipinski definition) is 8. The van der Waals surface area contributed by atoms with Crippen molar-refractivity contribution in [2.45, 2.75) is 26.8 Å². The Kier molecular flexibility index (Phi) is 5.45. The van der Waals surface area contributed by atoms with Gasteiger partial charge in [-0.25, -0.2) is 9.59 Å². The fourth-order valence-corrected chi connectivity index (χ4v) is 4.06. The van der Waals surface area contributed by atoms with Gasteiger partial charge in [0.05, 0.1) is 31.5 Å². The zero-order valence-corrected chi connectivity index (χ0v) is 16.0. The van der Waals surface area contributed by atoms with Gasteiger partial charge in [0.1, 0.15) is 5.00 Å². The molecule has 3 rings (SSSR count). The summed E-state index contributed by atoms with van der Waals surface area (Å²) in [5, 5.41) is 6.73. The van der Waals surface area contributed by atoms with Gasteiger partial charge in [0, 0.05) is 17.5 Å². The summed E-state index contributed by atoms with van der Waals surface area (Å²) in [5.74, 6) is -1.01. The van der Waals surface area contributed by atoms with Crippen molar-refractivity contribution in [1.29, 1.82) is 0 Å². The number of esters is 1. The van der Waals surface area contributed by atoms with Crippen molar-refractivity contribution in [3.8, 4) is 0 Å². The van der Waals surface area contributed by atoms with E-state index in [0.717, 1.165) is 10.4 Å². The third-order valence-electron chi connectivity index (χ3n) is 4.05. The number of ether oxygens (including phenoxy) is 2. The number of carbonyl (C=O) groups excluding carboxylic acids is 3. The van der Waals surface area contributed by atoms with Gasteiger partial charge in [0.15, 0.2) is 0 Å². The van der Waals surface area contributed by atoms with Gasteiger partial charge >= 0.3 is 12.1 Å². The standard InChI is InChI=1S/C17H19N3O6S/c1-4-25-17(23)20-6-5-10-12(8-20)27-15(13(10)16(22)24-3)18-14(21)11-7-9(2)19-26-11/h7H,4-6,8H2,1-3H3,(H,18,21). The van der Waals surface area contributed by atoms with E-state index in [9.17, 15) is 14.4 Å². The van der Waals surface area contributed by atoms with Crippen molar-refractivity contribution in [2.75, 3.05) is 25.6 Å². The first kappa shape index (κ1) is 18.9. The van der Waals surface area contributed by atoms with Crippen LogP contribution in [0.2, 0.25) is 0 Å². The lowest BCUT2D eigenvalue weighted by molar-refractivity contribution is 0.0600. The van der Waals surface area contributed by atoms with Crippen LogP contribution in [0.1, 0.15) is 44.0 Å². The molecule has 1 N–H and O–H groups in total. The van der Waals surface area contributed by atoms with Gasteiger partial charge < -0.3 is 24.2 Å². The molecule has 144 valence electrons. The topological polar surface area (TPSA) is 111 Å². The first-order chi connectivity index (χ1) is 12.9. The lowest BCUT2D eigenvalue weighted by Gasteiger charge is -2.26. The molecule has 2 aromatic rings. The molecule has 0 unspecified atom stereocenters. The van der Waals surface area contributed by atoms with E-state index in [4.69, 9.17) is 14.0 Å². The van der Waals surface area contributed by atoms with E-state index in [0.29, 0.717) is 35.8 Å². The molecule has 9 nitrogen and oxygen atoms in total. The van der Waals surface area contributed by atoms with E-state index in [1.54, 1.807) is 18.7 Å². The van der Waals surface area contributed by atoms with Crippen LogP contribution in [0.4, 0.5) is 9.80 Å². The van der Waals surface area contributed by atoms with Crippen LogP contribution in [0.5, 0.6) is 0 Å². The molecule has 27 heavy (non-hydrogen) atoms. The molecule has 0 radical (unpaired) electrons. The molecule has 0 saturated heterocycles. The van der Waals surface area contributed by atoms with Gasteiger partial charge in [0.2, 0.25) is 5.76 Å². The van der Waals surface area contributed by atoms with Crippen LogP contribution in [-0.2, 0) is 22.4 Å². The second-order valence-electron chi connectivity index (χ2n) is 5.86. The number of nitrogens with one attached hydrogen (secondary N) is 1. The van der Waals surface area contributed by atoms with Crippen LogP contribution in [0, 0.1) is 6.92 Å². The van der Waals surface area contributed by atoms with Crippen molar-refractivity contribution in [1.82, 2.24) is 10.1 Å². The molecular weight excluding hydrogens is 374 g/mol. The summed E-state index contributed by atoms with van der Waals surface area (Å²) in [6.45, 7) is 4.46. The third-order valence-corrected chi connectivity index (χ3v) is 5.18. The van der Waals surface area contributed by atoms with Gasteiger partial charge in [-0.1, -0.05) is 5.16 Å². The fraction of sp³-hybridized carbons (Fsp3) is 0.412. The number of aromatic nitrogens is 1. The Bertz CT molecular complexity index is 887. The van der Waals surface area contributed by atoms with Crippen LogP contribution in [0.3, 0.4) is 0 Å². The highest BCUT2D eigenvalue weighted by atomic mass is 32.1. The molecule has 3 heterocycles. The van der Waals surface area contributed by atoms with Crippen LogP contribution < -0.4 is 5.32 Å². The minimum atomic E-state index is -0.541. The SMILES string of the molecule is CCOC(=O)N1CCc2c(sc(NC(=O)c3cc(C)no3)c2C(=O)OC)C1. The predicted molar refractivity (Wildman–Crippen MR) is 96.0 cm³/mol. The zero-order chi connectivity index (χ0) is 19.6. The Hall–Kier alpha value is -2.88. The molecule has 1 aliphatic rings. The minimum absolute atomic E-state index is 0.0443. The van der Waals surface area contributed by atoms with Gasteiger partial charge in [-0.3, -0.25) is 4.79 Å². The van der Waals surface area contributed by atoms with Crippen molar-refractivity contribution in [3.63, 3.8) is 0 Å². The number of anilines is 1. The van der Waals surface area contributed by atoms with E-state index in [-0.39, 0.29) is 12.4 Å². The largest absolute Gasteiger partial charge is 0.465 e. The monoisotopic (exact) mass is 393 g/mol. The zero-order valence-electron chi connectivity index (χ0n) is 15.2. The van der Waals surface area contributed by atoms with Crippen molar-refractivity contribution in [2.24, 2.45) is 0 Å². The molecule has 0 fully saturated rings. The first-order valence-electron chi connectivity index (χ1n) is 8.33. The first-order valence-corrected chi connectivity index (χ1v) is 9.15. The van der Waals surface area contributed by atoms with Gasteiger partial charge in [-0.05, 0) is 25.8 Å². The summed E-state index contributed by atoms with van der Waals surface area (Å²) in [5.41, 5.74) is 1.66. The Morgan fingerprint density at radius 2 is 2.19 bits per heavy atom. The maximum atomic E-state index is 12.4. The van der Waals surface area contributed by atoms with Crippen LogP contribution >= 0.6 is 11.3 Å². The van der Waals surface area contributed by atoms with E-state index in [1.807, 2.05) is 0 Å². The van der Waals surface area contributed by atoms with Crippen molar-refractivity contribution in [3.05, 3.63) is 33.5 Å². The average molecular weight is 393 g/mol. The van der Waals surface area contributed by atoms with E-state index < -0.39 is 18.0 Å². The summed E-state index contributed by atoms with van der Waals surface area (Å²) in [6, 6.07) is 1.50. The molecule has 2 aromatic heterocycles. The number of nitrogens with zero attached hydrogens (tertiary/aromatic N) is 2. The summed E-state index contributed by atoms with van der Waals surface area (Å²) >= 11 is 1.23. The van der Waals surface area contributed by atoms with Crippen LogP contribution in [0.15, 0.2) is 10.6 Å². The number of fused-ring (bicyclic) bond motifs is 1. The van der Waals surface area contributed by atoms with E-state index in [2.05, 4.69) is 10.5 Å². The quantitative estimate of drug-likeness (QED) is 0.795. The molecular formula is C17H19N3O6S. The summed E-state index contributed by atoms with van der Waals surface area (Å²) in [7, 11) is 1.28. The Morgan fingerprint density at radius 1 is 1.41 bits per heavy atom. The second-order valence-corrected chi connectivity index (χ2v) is 6.96. The summed E-state index contributed by atoms with van der Waals surface area (Å²) in [6.07, 6.45) is 0.0608. The number of hydrogen-bond donors (Lipinski definition) is 1. The maximum Gasteiger partial charge on any atom is 0.410 e. The predicted octanol–water partition coefficient (Wildman–Crippen LogP) is 2.60. The molecule has 0 atom stereocenters. The normalized spacial score (nSPS) is 13.1. The number of methoxy groups -OCH3 is 1. The molecule has 0 aromatic carbocycles. The van der Waals surface area contributed by atoms with Gasteiger partial charge in [-0.2, -0.15) is 0 Å². The van der Waals surface area contributed by atoms with Crippen molar-refractivity contribution < 1.29 is 28.4 Å². The summed E-state index contributed by atoms with van der Waals surface area (Å²) in [4.78, 5) is 39.0. The number of thiophene rings is 1. The number of amides is 2. The molecule has 2 amide bonds. The molecule has 0 bridgehead atoms. The second kappa shape index (κ2) is 7.78. The Morgan fingerprint density at radius 3 is 2.81 bits per heavy atom. The van der Waals surface area contributed by atoms with Crippen LogP contribution in [-0.4, -0.2) is 48.3 Å². The van der Waals surface area contributed by atoms with Gasteiger partial charge in [-0.15, -0.1) is 11.3 Å². The van der Waals surface area contributed by atoms with Crippen molar-refractivity contribution >= 4 is 34.3 Å². The molecule has 1 aliphatic heterocycles. The van der Waals surface area contributed by atoms with Gasteiger partial charge in [0.25, 0.3) is 5.91 Å². The smallest absolute Gasteiger partial charge is 0.410 e. The lowest BCUT2D eigenvalue weighted by Crippen LogP contribution is -2.36. The molecule has 0 aliphatic carbocycles.